The van der Waals surface area contributed by atoms with E-state index in [1.807, 2.05) is 0 Å². The maximum Gasteiger partial charge on any atom is 0.0695 e. The maximum absolute atomic E-state index is 2.32. The van der Waals surface area contributed by atoms with Crippen LogP contribution in [0, 0.1) is 0 Å². The van der Waals surface area contributed by atoms with Gasteiger partial charge in [-0.2, -0.15) is 0 Å². The number of hydrogen-bond acceptors (Lipinski definition) is 0. The monoisotopic (exact) mass is 268 g/mol. The van der Waals surface area contributed by atoms with Gasteiger partial charge >= 0.3 is 0 Å². The first-order valence-corrected chi connectivity index (χ1v) is 7.30. The van der Waals surface area contributed by atoms with Crippen LogP contribution in [0.1, 0.15) is 52.7 Å². The highest BCUT2D eigenvalue weighted by Gasteiger charge is 2.19. The minimum atomic E-state index is 0.183. The topological polar surface area (TPSA) is 8.82 Å². The number of nitrogens with zero attached hydrogens (tertiary/aromatic N) is 2. The van der Waals surface area contributed by atoms with E-state index in [1.54, 1.807) is 0 Å². The second kappa shape index (κ2) is 3.91. The molecule has 106 valence electrons. The molecule has 0 aliphatic rings. The van der Waals surface area contributed by atoms with Crippen LogP contribution in [0.15, 0.2) is 36.9 Å². The molecule has 0 bridgehead atoms. The fourth-order valence-corrected chi connectivity index (χ4v) is 2.58. The molecular weight excluding hydrogens is 244 g/mol. The van der Waals surface area contributed by atoms with Crippen LogP contribution in [0.25, 0.3) is 11.0 Å². The highest BCUT2D eigenvalue weighted by atomic mass is 15.0. The molecule has 2 heteroatoms. The van der Waals surface area contributed by atoms with E-state index in [-0.39, 0.29) is 10.8 Å². The Kier molecular flexibility index (Phi) is 2.60. The lowest BCUT2D eigenvalue weighted by atomic mass is 9.89. The number of rotatable bonds is 0. The zero-order valence-electron chi connectivity index (χ0n) is 13.4. The average molecular weight is 268 g/mol. The van der Waals surface area contributed by atoms with Gasteiger partial charge in [-0.15, -0.1) is 0 Å². The summed E-state index contributed by atoms with van der Waals surface area (Å²) in [5, 5.41) is 0. The molecule has 0 aliphatic carbocycles. The number of aromatic nitrogens is 2. The quantitative estimate of drug-likeness (QED) is 0.554. The minimum absolute atomic E-state index is 0.183. The Hall–Kier alpha value is -1.70. The van der Waals surface area contributed by atoms with Crippen molar-refractivity contribution in [2.45, 2.75) is 52.4 Å². The third-order valence-corrected chi connectivity index (χ3v) is 4.08. The summed E-state index contributed by atoms with van der Waals surface area (Å²) in [6.45, 7) is 13.6. The number of hydrogen-bond donors (Lipinski definition) is 0. The van der Waals surface area contributed by atoms with Crippen molar-refractivity contribution in [1.29, 1.82) is 0 Å². The maximum atomic E-state index is 2.32. The summed E-state index contributed by atoms with van der Waals surface area (Å²) >= 11 is 0. The molecule has 0 aromatic carbocycles. The molecular formula is C18H24N2. The summed E-state index contributed by atoms with van der Waals surface area (Å²) < 4.78 is 4.48. The summed E-state index contributed by atoms with van der Waals surface area (Å²) in [7, 11) is 0. The van der Waals surface area contributed by atoms with E-state index in [2.05, 4.69) is 87.3 Å². The lowest BCUT2D eigenvalue weighted by Crippen LogP contribution is -2.09. The molecule has 20 heavy (non-hydrogen) atoms. The second-order valence-corrected chi connectivity index (χ2v) is 7.84. The number of fused-ring (bicyclic) bond motifs is 3. The van der Waals surface area contributed by atoms with Gasteiger partial charge < -0.3 is 8.80 Å². The van der Waals surface area contributed by atoms with Crippen LogP contribution in [0.5, 0.6) is 0 Å². The van der Waals surface area contributed by atoms with Crippen LogP contribution in [0.2, 0.25) is 0 Å². The highest BCUT2D eigenvalue weighted by Crippen LogP contribution is 2.30. The largest absolute Gasteiger partial charge is 0.320 e. The third-order valence-electron chi connectivity index (χ3n) is 4.08. The molecule has 3 heterocycles. The van der Waals surface area contributed by atoms with E-state index < -0.39 is 0 Å². The average Bonchev–Trinajstić information content (AvgIpc) is 2.90. The van der Waals surface area contributed by atoms with E-state index in [1.165, 1.54) is 22.2 Å². The van der Waals surface area contributed by atoms with Crippen LogP contribution in [0.4, 0.5) is 0 Å². The molecule has 3 aromatic heterocycles. The van der Waals surface area contributed by atoms with Crippen molar-refractivity contribution in [1.82, 2.24) is 8.80 Å². The Morgan fingerprint density at radius 3 is 1.30 bits per heavy atom. The van der Waals surface area contributed by atoms with Gasteiger partial charge in [0.05, 0.1) is 11.0 Å². The Bertz CT molecular complexity index is 706. The van der Waals surface area contributed by atoms with Crippen molar-refractivity contribution in [3.63, 3.8) is 0 Å². The van der Waals surface area contributed by atoms with Crippen molar-refractivity contribution in [3.05, 3.63) is 48.0 Å². The predicted octanol–water partition coefficient (Wildman–Crippen LogP) is 4.79. The molecule has 0 aliphatic heterocycles. The van der Waals surface area contributed by atoms with Gasteiger partial charge in [-0.25, -0.2) is 0 Å². The molecule has 0 amide bonds. The molecule has 0 N–H and O–H groups in total. The molecule has 0 unspecified atom stereocenters. The molecule has 0 atom stereocenters. The normalized spacial score (nSPS) is 13.5. The second-order valence-electron chi connectivity index (χ2n) is 7.84. The van der Waals surface area contributed by atoms with Crippen molar-refractivity contribution in [2.75, 3.05) is 0 Å². The van der Waals surface area contributed by atoms with Gasteiger partial charge in [0, 0.05) is 24.8 Å². The lowest BCUT2D eigenvalue weighted by Gasteiger charge is -2.15. The van der Waals surface area contributed by atoms with E-state index in [0.29, 0.717) is 0 Å². The SMILES string of the molecule is CC(C)(C)c1cc2c3cc(C(C)(C)C)cn3ccn2c1. The summed E-state index contributed by atoms with van der Waals surface area (Å²) in [5.41, 5.74) is 5.69. The first kappa shape index (κ1) is 13.3. The van der Waals surface area contributed by atoms with Crippen LogP contribution >= 0.6 is 0 Å². The third kappa shape index (κ3) is 2.04. The molecule has 0 radical (unpaired) electrons. The van der Waals surface area contributed by atoms with Crippen molar-refractivity contribution in [3.8, 4) is 0 Å². The molecule has 3 aromatic rings. The van der Waals surface area contributed by atoms with Crippen LogP contribution in [-0.2, 0) is 10.8 Å². The molecule has 0 saturated heterocycles. The van der Waals surface area contributed by atoms with Gasteiger partial charge in [-0.3, -0.25) is 0 Å². The fraction of sp³-hybridized carbons (Fsp3) is 0.444. The van der Waals surface area contributed by atoms with Gasteiger partial charge in [0.2, 0.25) is 0 Å². The highest BCUT2D eigenvalue weighted by molar-refractivity contribution is 5.78. The zero-order chi connectivity index (χ0) is 14.7. The first-order valence-electron chi connectivity index (χ1n) is 7.30. The lowest BCUT2D eigenvalue weighted by molar-refractivity contribution is 0.590. The molecule has 3 rings (SSSR count). The van der Waals surface area contributed by atoms with E-state index in [4.69, 9.17) is 0 Å². The van der Waals surface area contributed by atoms with Crippen LogP contribution < -0.4 is 0 Å². The van der Waals surface area contributed by atoms with E-state index in [9.17, 15) is 0 Å². The summed E-state index contributed by atoms with van der Waals surface area (Å²) in [6, 6.07) is 4.64. The predicted molar refractivity (Wildman–Crippen MR) is 85.8 cm³/mol. The van der Waals surface area contributed by atoms with Gasteiger partial charge in [0.25, 0.3) is 0 Å². The molecule has 0 saturated carbocycles. The summed E-state index contributed by atoms with van der Waals surface area (Å²) in [5.74, 6) is 0. The Morgan fingerprint density at radius 1 is 0.650 bits per heavy atom. The Morgan fingerprint density at radius 2 is 1.00 bits per heavy atom. The minimum Gasteiger partial charge on any atom is -0.320 e. The van der Waals surface area contributed by atoms with E-state index >= 15 is 0 Å². The van der Waals surface area contributed by atoms with Gasteiger partial charge in [0.1, 0.15) is 0 Å². The zero-order valence-corrected chi connectivity index (χ0v) is 13.4. The first-order chi connectivity index (χ1) is 9.16. The molecule has 0 spiro atoms. The van der Waals surface area contributed by atoms with Crippen molar-refractivity contribution in [2.24, 2.45) is 0 Å². The summed E-state index contributed by atoms with van der Waals surface area (Å²) in [6.07, 6.45) is 8.78. The van der Waals surface area contributed by atoms with Crippen molar-refractivity contribution < 1.29 is 0 Å². The van der Waals surface area contributed by atoms with Gasteiger partial charge in [-0.1, -0.05) is 41.5 Å². The van der Waals surface area contributed by atoms with Gasteiger partial charge in [-0.05, 0) is 34.1 Å². The van der Waals surface area contributed by atoms with Crippen LogP contribution in [-0.4, -0.2) is 8.80 Å². The van der Waals surface area contributed by atoms with Crippen molar-refractivity contribution >= 4 is 11.0 Å². The standard InChI is InChI=1S/C18H24N2/c1-17(2,3)13-9-15-16-10-14(18(4,5)6)12-20(16)8-7-19(15)11-13/h7-12H,1-6H3. The smallest absolute Gasteiger partial charge is 0.0695 e. The van der Waals surface area contributed by atoms with Gasteiger partial charge in [0.15, 0.2) is 0 Å². The van der Waals surface area contributed by atoms with E-state index in [0.717, 1.165) is 0 Å². The fourth-order valence-electron chi connectivity index (χ4n) is 2.58. The molecule has 2 nitrogen and oxygen atoms in total. The summed E-state index contributed by atoms with van der Waals surface area (Å²) in [4.78, 5) is 0. The van der Waals surface area contributed by atoms with Crippen LogP contribution in [0.3, 0.4) is 0 Å². The Balaban J connectivity index is 2.30. The Labute approximate surface area is 121 Å². The molecule has 0 fully saturated rings.